The first kappa shape index (κ1) is 10.0. The van der Waals surface area contributed by atoms with Crippen molar-refractivity contribution in [2.45, 2.75) is 25.4 Å². The molecule has 1 heteroatoms. The van der Waals surface area contributed by atoms with E-state index in [1.54, 1.807) is 6.26 Å². The molecule has 1 atom stereocenters. The summed E-state index contributed by atoms with van der Waals surface area (Å²) in [6, 6.07) is 10.6. The SMILES string of the molecule is C1=COC(CCCc2ccccc2)C=C1. The third kappa shape index (κ3) is 3.28. The fraction of sp³-hybridized carbons (Fsp3) is 0.286. The van der Waals surface area contributed by atoms with Crippen LogP contribution in [0.3, 0.4) is 0 Å². The molecule has 0 saturated heterocycles. The number of benzene rings is 1. The third-order valence-corrected chi connectivity index (χ3v) is 2.57. The van der Waals surface area contributed by atoms with Gasteiger partial charge in [-0.1, -0.05) is 36.4 Å². The summed E-state index contributed by atoms with van der Waals surface area (Å²) >= 11 is 0. The predicted molar refractivity (Wildman–Crippen MR) is 62.5 cm³/mol. The molecule has 0 aliphatic carbocycles. The summed E-state index contributed by atoms with van der Waals surface area (Å²) in [5.74, 6) is 0. The van der Waals surface area contributed by atoms with Gasteiger partial charge in [0.1, 0.15) is 6.10 Å². The fourth-order valence-electron chi connectivity index (χ4n) is 1.74. The Hall–Kier alpha value is -1.50. The standard InChI is InChI=1S/C14H16O/c1-2-7-13(8-3-1)9-6-11-14-10-4-5-12-15-14/h1-5,7-8,10,12,14H,6,9,11H2. The average Bonchev–Trinajstić information content (AvgIpc) is 2.32. The minimum Gasteiger partial charge on any atom is -0.494 e. The quantitative estimate of drug-likeness (QED) is 0.723. The maximum atomic E-state index is 5.45. The van der Waals surface area contributed by atoms with Gasteiger partial charge in [0.05, 0.1) is 6.26 Å². The first-order valence-electron chi connectivity index (χ1n) is 5.48. The van der Waals surface area contributed by atoms with E-state index in [9.17, 15) is 0 Å². The van der Waals surface area contributed by atoms with Crippen LogP contribution in [0.5, 0.6) is 0 Å². The van der Waals surface area contributed by atoms with Gasteiger partial charge in [0.25, 0.3) is 0 Å². The molecule has 1 aliphatic heterocycles. The van der Waals surface area contributed by atoms with E-state index < -0.39 is 0 Å². The molecule has 1 nitrogen and oxygen atoms in total. The summed E-state index contributed by atoms with van der Waals surface area (Å²) in [4.78, 5) is 0. The van der Waals surface area contributed by atoms with Crippen LogP contribution in [0.25, 0.3) is 0 Å². The lowest BCUT2D eigenvalue weighted by Gasteiger charge is -2.14. The van der Waals surface area contributed by atoms with Crippen molar-refractivity contribution >= 4 is 0 Å². The molecule has 0 bridgehead atoms. The van der Waals surface area contributed by atoms with Crippen molar-refractivity contribution in [1.29, 1.82) is 0 Å². The van der Waals surface area contributed by atoms with Crippen molar-refractivity contribution in [3.63, 3.8) is 0 Å². The smallest absolute Gasteiger partial charge is 0.116 e. The topological polar surface area (TPSA) is 9.23 Å². The Morgan fingerprint density at radius 2 is 1.93 bits per heavy atom. The van der Waals surface area contributed by atoms with Crippen molar-refractivity contribution in [3.05, 3.63) is 60.4 Å². The Kier molecular flexibility index (Phi) is 3.61. The number of aryl methyl sites for hydroxylation is 1. The second-order valence-corrected chi connectivity index (χ2v) is 3.77. The summed E-state index contributed by atoms with van der Waals surface area (Å²) in [6.45, 7) is 0. The maximum Gasteiger partial charge on any atom is 0.116 e. The van der Waals surface area contributed by atoms with E-state index in [4.69, 9.17) is 4.74 Å². The van der Waals surface area contributed by atoms with E-state index in [-0.39, 0.29) is 6.10 Å². The zero-order valence-corrected chi connectivity index (χ0v) is 8.80. The van der Waals surface area contributed by atoms with Crippen LogP contribution in [0.4, 0.5) is 0 Å². The molecular weight excluding hydrogens is 184 g/mol. The molecule has 0 spiro atoms. The van der Waals surface area contributed by atoms with Crippen LogP contribution < -0.4 is 0 Å². The van der Waals surface area contributed by atoms with Gasteiger partial charge in [-0.2, -0.15) is 0 Å². The average molecular weight is 200 g/mol. The first-order chi connectivity index (χ1) is 7.45. The molecule has 1 aromatic rings. The number of hydrogen-bond donors (Lipinski definition) is 0. The van der Waals surface area contributed by atoms with Gasteiger partial charge < -0.3 is 4.74 Å². The lowest BCUT2D eigenvalue weighted by atomic mass is 10.1. The number of rotatable bonds is 4. The number of ether oxygens (including phenoxy) is 1. The number of hydrogen-bond acceptors (Lipinski definition) is 1. The van der Waals surface area contributed by atoms with Crippen molar-refractivity contribution in [3.8, 4) is 0 Å². The van der Waals surface area contributed by atoms with Crippen molar-refractivity contribution in [2.24, 2.45) is 0 Å². The fourth-order valence-corrected chi connectivity index (χ4v) is 1.74. The highest BCUT2D eigenvalue weighted by Gasteiger charge is 2.05. The van der Waals surface area contributed by atoms with E-state index in [1.807, 2.05) is 6.08 Å². The predicted octanol–water partition coefficient (Wildman–Crippen LogP) is 3.48. The van der Waals surface area contributed by atoms with E-state index in [2.05, 4.69) is 42.5 Å². The summed E-state index contributed by atoms with van der Waals surface area (Å²) < 4.78 is 5.45. The monoisotopic (exact) mass is 200 g/mol. The van der Waals surface area contributed by atoms with Gasteiger partial charge in [0.15, 0.2) is 0 Å². The summed E-state index contributed by atoms with van der Waals surface area (Å²) in [7, 11) is 0. The molecule has 0 N–H and O–H groups in total. The normalized spacial score (nSPS) is 18.8. The van der Waals surface area contributed by atoms with E-state index in [1.165, 1.54) is 12.0 Å². The van der Waals surface area contributed by atoms with Crippen LogP contribution in [0.2, 0.25) is 0 Å². The Morgan fingerprint density at radius 3 is 2.67 bits per heavy atom. The van der Waals surface area contributed by atoms with Crippen LogP contribution in [0.1, 0.15) is 18.4 Å². The maximum absolute atomic E-state index is 5.45. The highest BCUT2D eigenvalue weighted by Crippen LogP contribution is 2.12. The minimum atomic E-state index is 0.277. The molecular formula is C14H16O. The molecule has 0 radical (unpaired) electrons. The Bertz CT molecular complexity index is 338. The van der Waals surface area contributed by atoms with E-state index >= 15 is 0 Å². The van der Waals surface area contributed by atoms with Crippen LogP contribution in [-0.4, -0.2) is 6.10 Å². The lowest BCUT2D eigenvalue weighted by molar-refractivity contribution is 0.172. The van der Waals surface area contributed by atoms with Crippen LogP contribution in [0, 0.1) is 0 Å². The van der Waals surface area contributed by atoms with Crippen molar-refractivity contribution in [2.75, 3.05) is 0 Å². The Morgan fingerprint density at radius 1 is 1.07 bits per heavy atom. The minimum absolute atomic E-state index is 0.277. The van der Waals surface area contributed by atoms with Crippen LogP contribution >= 0.6 is 0 Å². The van der Waals surface area contributed by atoms with Crippen molar-refractivity contribution < 1.29 is 4.74 Å². The molecule has 1 unspecified atom stereocenters. The second kappa shape index (κ2) is 5.40. The Labute approximate surface area is 91.1 Å². The molecule has 0 aromatic heterocycles. The molecule has 0 fully saturated rings. The Balaban J connectivity index is 1.71. The van der Waals surface area contributed by atoms with Gasteiger partial charge in [-0.15, -0.1) is 0 Å². The van der Waals surface area contributed by atoms with Gasteiger partial charge in [-0.3, -0.25) is 0 Å². The van der Waals surface area contributed by atoms with Gasteiger partial charge >= 0.3 is 0 Å². The van der Waals surface area contributed by atoms with Crippen LogP contribution in [0.15, 0.2) is 54.8 Å². The molecule has 1 aromatic carbocycles. The first-order valence-corrected chi connectivity index (χ1v) is 5.48. The van der Waals surface area contributed by atoms with E-state index in [0.717, 1.165) is 12.8 Å². The zero-order chi connectivity index (χ0) is 10.3. The molecule has 2 rings (SSSR count). The molecule has 1 aliphatic rings. The second-order valence-electron chi connectivity index (χ2n) is 3.77. The van der Waals surface area contributed by atoms with Gasteiger partial charge in [-0.25, -0.2) is 0 Å². The molecule has 0 saturated carbocycles. The molecule has 0 amide bonds. The van der Waals surface area contributed by atoms with Crippen molar-refractivity contribution in [1.82, 2.24) is 0 Å². The van der Waals surface area contributed by atoms with Gasteiger partial charge in [0.2, 0.25) is 0 Å². The largest absolute Gasteiger partial charge is 0.494 e. The van der Waals surface area contributed by atoms with Crippen LogP contribution in [-0.2, 0) is 11.2 Å². The molecule has 1 heterocycles. The third-order valence-electron chi connectivity index (χ3n) is 2.57. The zero-order valence-electron chi connectivity index (χ0n) is 8.80. The molecule has 15 heavy (non-hydrogen) atoms. The number of allylic oxidation sites excluding steroid dienone is 2. The highest BCUT2D eigenvalue weighted by atomic mass is 16.5. The molecule has 78 valence electrons. The summed E-state index contributed by atoms with van der Waals surface area (Å²) in [6.07, 6.45) is 11.5. The summed E-state index contributed by atoms with van der Waals surface area (Å²) in [5, 5.41) is 0. The van der Waals surface area contributed by atoms with Gasteiger partial charge in [-0.05, 0) is 37.0 Å². The lowest BCUT2D eigenvalue weighted by Crippen LogP contribution is -2.08. The summed E-state index contributed by atoms with van der Waals surface area (Å²) in [5.41, 5.74) is 1.41. The van der Waals surface area contributed by atoms with Gasteiger partial charge in [0, 0.05) is 0 Å². The van der Waals surface area contributed by atoms with E-state index in [0.29, 0.717) is 0 Å². The highest BCUT2D eigenvalue weighted by molar-refractivity contribution is 5.14.